The van der Waals surface area contributed by atoms with Gasteiger partial charge in [-0.15, -0.1) is 12.4 Å². The molecule has 0 bridgehead atoms. The number of rotatable bonds is 8. The van der Waals surface area contributed by atoms with E-state index in [2.05, 4.69) is 10.6 Å². The van der Waals surface area contributed by atoms with Crippen LogP contribution in [0.25, 0.3) is 11.0 Å². The number of fused-ring (bicyclic) bond motifs is 1. The highest BCUT2D eigenvalue weighted by Crippen LogP contribution is 2.24. The van der Waals surface area contributed by atoms with Crippen LogP contribution < -0.4 is 21.0 Å². The molecule has 0 radical (unpaired) electrons. The standard InChI is InChI=1S/C19H26N2O4.ClH/c1-5-20-12(2)11-21-18(22)9-8-16-13(3)15-7-6-14(24-4)10-17(15)25-19(16)23;/h6-7,10,12,20H,5,8-9,11H2,1-4H3,(H,21,22);1H/t12-;/m1./s1. The van der Waals surface area contributed by atoms with Crippen molar-refractivity contribution in [1.82, 2.24) is 10.6 Å². The first kappa shape index (κ1) is 22.0. The first-order valence-corrected chi connectivity index (χ1v) is 8.56. The Labute approximate surface area is 159 Å². The average Bonchev–Trinajstić information content (AvgIpc) is 2.59. The van der Waals surface area contributed by atoms with Crippen LogP contribution in [0.2, 0.25) is 0 Å². The fourth-order valence-electron chi connectivity index (χ4n) is 2.81. The molecule has 7 heteroatoms. The molecule has 26 heavy (non-hydrogen) atoms. The molecule has 0 spiro atoms. The number of methoxy groups -OCH3 is 1. The fourth-order valence-corrected chi connectivity index (χ4v) is 2.81. The number of halogens is 1. The Morgan fingerprint density at radius 1 is 1.35 bits per heavy atom. The number of benzene rings is 1. The third kappa shape index (κ3) is 5.47. The van der Waals surface area contributed by atoms with Crippen LogP contribution in [0.3, 0.4) is 0 Å². The number of aryl methyl sites for hydroxylation is 1. The van der Waals surface area contributed by atoms with Crippen LogP contribution in [-0.2, 0) is 11.2 Å². The third-order valence-corrected chi connectivity index (χ3v) is 4.25. The van der Waals surface area contributed by atoms with Gasteiger partial charge in [0, 0.05) is 36.0 Å². The molecule has 1 aromatic carbocycles. The van der Waals surface area contributed by atoms with Crippen LogP contribution in [0.15, 0.2) is 27.4 Å². The van der Waals surface area contributed by atoms with Crippen molar-refractivity contribution < 1.29 is 13.9 Å². The number of ether oxygens (including phenoxy) is 1. The molecule has 0 aliphatic heterocycles. The fraction of sp³-hybridized carbons (Fsp3) is 0.474. The Hall–Kier alpha value is -2.05. The van der Waals surface area contributed by atoms with E-state index in [1.165, 1.54) is 0 Å². The Morgan fingerprint density at radius 2 is 2.08 bits per heavy atom. The molecular weight excluding hydrogens is 356 g/mol. The van der Waals surface area contributed by atoms with Gasteiger partial charge in [0.1, 0.15) is 11.3 Å². The van der Waals surface area contributed by atoms with Gasteiger partial charge in [-0.3, -0.25) is 4.79 Å². The van der Waals surface area contributed by atoms with E-state index in [0.717, 1.165) is 17.5 Å². The van der Waals surface area contributed by atoms with Gasteiger partial charge in [-0.05, 0) is 44.5 Å². The van der Waals surface area contributed by atoms with Crippen molar-refractivity contribution in [2.75, 3.05) is 20.2 Å². The summed E-state index contributed by atoms with van der Waals surface area (Å²) >= 11 is 0. The van der Waals surface area contributed by atoms with Gasteiger partial charge in [0.25, 0.3) is 0 Å². The third-order valence-electron chi connectivity index (χ3n) is 4.25. The van der Waals surface area contributed by atoms with Crippen LogP contribution in [-0.4, -0.2) is 32.1 Å². The van der Waals surface area contributed by atoms with Gasteiger partial charge in [0.05, 0.1) is 7.11 Å². The second-order valence-electron chi connectivity index (χ2n) is 6.12. The van der Waals surface area contributed by atoms with Gasteiger partial charge in [0.2, 0.25) is 5.91 Å². The maximum atomic E-state index is 12.3. The molecule has 2 N–H and O–H groups in total. The van der Waals surface area contributed by atoms with E-state index in [0.29, 0.717) is 29.9 Å². The summed E-state index contributed by atoms with van der Waals surface area (Å²) < 4.78 is 10.6. The Balaban J connectivity index is 0.00000338. The van der Waals surface area contributed by atoms with Crippen LogP contribution in [0.4, 0.5) is 0 Å². The lowest BCUT2D eigenvalue weighted by molar-refractivity contribution is -0.121. The first-order chi connectivity index (χ1) is 12.0. The lowest BCUT2D eigenvalue weighted by Gasteiger charge is -2.13. The van der Waals surface area contributed by atoms with Crippen molar-refractivity contribution >= 4 is 29.3 Å². The molecule has 2 rings (SSSR count). The van der Waals surface area contributed by atoms with Crippen molar-refractivity contribution in [3.05, 3.63) is 39.7 Å². The minimum atomic E-state index is -0.396. The van der Waals surface area contributed by atoms with Gasteiger partial charge >= 0.3 is 5.63 Å². The molecule has 144 valence electrons. The smallest absolute Gasteiger partial charge is 0.339 e. The minimum Gasteiger partial charge on any atom is -0.497 e. The van der Waals surface area contributed by atoms with E-state index in [-0.39, 0.29) is 30.8 Å². The van der Waals surface area contributed by atoms with E-state index in [4.69, 9.17) is 9.15 Å². The zero-order valence-corrected chi connectivity index (χ0v) is 16.5. The molecule has 0 saturated carbocycles. The van der Waals surface area contributed by atoms with Gasteiger partial charge in [-0.1, -0.05) is 6.92 Å². The lowest BCUT2D eigenvalue weighted by atomic mass is 10.0. The Morgan fingerprint density at radius 3 is 2.73 bits per heavy atom. The van der Waals surface area contributed by atoms with Crippen molar-refractivity contribution in [3.63, 3.8) is 0 Å². The van der Waals surface area contributed by atoms with E-state index in [1.54, 1.807) is 13.2 Å². The van der Waals surface area contributed by atoms with Crippen molar-refractivity contribution in [1.29, 1.82) is 0 Å². The SMILES string of the molecule is CCN[C@H](C)CNC(=O)CCc1c(C)c2ccc(OC)cc2oc1=O.Cl. The maximum absolute atomic E-state index is 12.3. The molecule has 2 aromatic rings. The first-order valence-electron chi connectivity index (χ1n) is 8.56. The van der Waals surface area contributed by atoms with Crippen molar-refractivity contribution in [2.24, 2.45) is 0 Å². The number of likely N-dealkylation sites (N-methyl/N-ethyl adjacent to an activating group) is 1. The largest absolute Gasteiger partial charge is 0.497 e. The van der Waals surface area contributed by atoms with Gasteiger partial charge in [-0.25, -0.2) is 4.79 Å². The topological polar surface area (TPSA) is 80.6 Å². The highest BCUT2D eigenvalue weighted by Gasteiger charge is 2.14. The van der Waals surface area contributed by atoms with E-state index < -0.39 is 5.63 Å². The highest BCUT2D eigenvalue weighted by molar-refractivity contribution is 5.85. The molecule has 0 fully saturated rings. The summed E-state index contributed by atoms with van der Waals surface area (Å²) in [4.78, 5) is 24.3. The molecule has 0 unspecified atom stereocenters. The second-order valence-corrected chi connectivity index (χ2v) is 6.12. The zero-order valence-electron chi connectivity index (χ0n) is 15.7. The molecule has 1 aromatic heterocycles. The van der Waals surface area contributed by atoms with Crippen LogP contribution in [0, 0.1) is 6.92 Å². The monoisotopic (exact) mass is 382 g/mol. The number of amides is 1. The summed E-state index contributed by atoms with van der Waals surface area (Å²) in [6.07, 6.45) is 0.615. The number of nitrogens with one attached hydrogen (secondary N) is 2. The predicted molar refractivity (Wildman–Crippen MR) is 105 cm³/mol. The number of carbonyl (C=O) groups is 1. The minimum absolute atomic E-state index is 0. The zero-order chi connectivity index (χ0) is 18.4. The summed E-state index contributed by atoms with van der Waals surface area (Å²) in [6.45, 7) is 7.35. The van der Waals surface area contributed by atoms with Crippen molar-refractivity contribution in [3.8, 4) is 5.75 Å². The summed E-state index contributed by atoms with van der Waals surface area (Å²) in [5.74, 6) is 0.565. The molecule has 6 nitrogen and oxygen atoms in total. The molecule has 1 atom stereocenters. The van der Waals surface area contributed by atoms with Crippen LogP contribution in [0.1, 0.15) is 31.4 Å². The molecule has 1 heterocycles. The van der Waals surface area contributed by atoms with Gasteiger partial charge in [-0.2, -0.15) is 0 Å². The van der Waals surface area contributed by atoms with E-state index >= 15 is 0 Å². The normalized spacial score (nSPS) is 11.7. The molecule has 0 aliphatic rings. The van der Waals surface area contributed by atoms with Crippen molar-refractivity contribution in [2.45, 2.75) is 39.7 Å². The molecule has 1 amide bonds. The summed E-state index contributed by atoms with van der Waals surface area (Å²) in [6, 6.07) is 5.61. The van der Waals surface area contributed by atoms with Crippen LogP contribution in [0.5, 0.6) is 5.75 Å². The van der Waals surface area contributed by atoms with Crippen LogP contribution >= 0.6 is 12.4 Å². The second kappa shape index (κ2) is 10.2. The number of carbonyl (C=O) groups excluding carboxylic acids is 1. The molecule has 0 aliphatic carbocycles. The maximum Gasteiger partial charge on any atom is 0.339 e. The molecule has 0 saturated heterocycles. The Bertz CT molecular complexity index is 804. The summed E-state index contributed by atoms with van der Waals surface area (Å²) in [5.41, 5.74) is 1.50. The number of hydrogen-bond donors (Lipinski definition) is 2. The van der Waals surface area contributed by atoms with Gasteiger partial charge < -0.3 is 19.8 Å². The predicted octanol–water partition coefficient (Wildman–Crippen LogP) is 2.58. The van der Waals surface area contributed by atoms with E-state index in [9.17, 15) is 9.59 Å². The summed E-state index contributed by atoms with van der Waals surface area (Å²) in [5, 5.41) is 6.97. The molecular formula is C19H27ClN2O4. The highest BCUT2D eigenvalue weighted by atomic mass is 35.5. The lowest BCUT2D eigenvalue weighted by Crippen LogP contribution is -2.38. The number of hydrogen-bond acceptors (Lipinski definition) is 5. The van der Waals surface area contributed by atoms with E-state index in [1.807, 2.05) is 32.9 Å². The Kier molecular flexibility index (Phi) is 8.61. The summed E-state index contributed by atoms with van der Waals surface area (Å²) in [7, 11) is 1.57. The quantitative estimate of drug-likeness (QED) is 0.686. The van der Waals surface area contributed by atoms with Gasteiger partial charge in [0.15, 0.2) is 0 Å². The average molecular weight is 383 g/mol.